The fourth-order valence-corrected chi connectivity index (χ4v) is 5.29. The Hall–Kier alpha value is -2.88. The average molecular weight is 398 g/mol. The number of fused-ring (bicyclic) bond motifs is 1. The second-order valence-electron chi connectivity index (χ2n) is 9.15. The Morgan fingerprint density at radius 3 is 2.50 bits per heavy atom. The summed E-state index contributed by atoms with van der Waals surface area (Å²) < 4.78 is 1.88. The number of carbonyl (C=O) groups is 1. The fraction of sp³-hybridized carbons (Fsp3) is 0.385. The van der Waals surface area contributed by atoms with Crippen LogP contribution in [0.4, 0.5) is 0 Å². The molecule has 0 spiro atoms. The molecule has 2 saturated carbocycles. The largest absolute Gasteiger partial charge is 0.331 e. The number of hydrogen-bond acceptors (Lipinski definition) is 2. The van der Waals surface area contributed by atoms with E-state index in [0.29, 0.717) is 12.0 Å². The summed E-state index contributed by atoms with van der Waals surface area (Å²) >= 11 is 0. The first-order chi connectivity index (χ1) is 14.8. The Morgan fingerprint density at radius 1 is 1.00 bits per heavy atom. The summed E-state index contributed by atoms with van der Waals surface area (Å²) in [7, 11) is 0. The summed E-state index contributed by atoms with van der Waals surface area (Å²) in [4.78, 5) is 15.3. The highest BCUT2D eigenvalue weighted by Crippen LogP contribution is 2.44. The zero-order chi connectivity index (χ0) is 20.1. The first-order valence-corrected chi connectivity index (χ1v) is 11.3. The summed E-state index contributed by atoms with van der Waals surface area (Å²) in [6.45, 7) is 0.817. The van der Waals surface area contributed by atoms with Crippen LogP contribution in [0.5, 0.6) is 0 Å². The van der Waals surface area contributed by atoms with E-state index in [1.165, 1.54) is 60.8 Å². The minimum Gasteiger partial charge on any atom is -0.331 e. The molecule has 3 aliphatic rings. The molecular weight excluding hydrogens is 370 g/mol. The van der Waals surface area contributed by atoms with Crippen LogP contribution in [0.2, 0.25) is 0 Å². The maximum Gasteiger partial charge on any atom is 0.254 e. The maximum atomic E-state index is 13.2. The van der Waals surface area contributed by atoms with Crippen LogP contribution < -0.4 is 0 Å². The van der Waals surface area contributed by atoms with Gasteiger partial charge in [0.05, 0.1) is 5.69 Å². The average Bonchev–Trinajstić information content (AvgIpc) is 3.15. The third-order valence-electron chi connectivity index (χ3n) is 7.08. The number of rotatable bonds is 5. The van der Waals surface area contributed by atoms with E-state index in [-0.39, 0.29) is 5.91 Å². The van der Waals surface area contributed by atoms with E-state index in [1.807, 2.05) is 16.9 Å². The molecular formula is C26H27N3O. The minimum absolute atomic E-state index is 0.259. The highest BCUT2D eigenvalue weighted by molar-refractivity contribution is 5.99. The van der Waals surface area contributed by atoms with Gasteiger partial charge in [0.25, 0.3) is 5.91 Å². The van der Waals surface area contributed by atoms with E-state index in [9.17, 15) is 4.79 Å². The lowest BCUT2D eigenvalue weighted by atomic mass is 9.92. The van der Waals surface area contributed by atoms with Gasteiger partial charge in [-0.25, -0.2) is 4.68 Å². The zero-order valence-corrected chi connectivity index (χ0v) is 17.3. The van der Waals surface area contributed by atoms with Gasteiger partial charge in [-0.05, 0) is 84.5 Å². The molecule has 4 heteroatoms. The molecule has 2 heterocycles. The second kappa shape index (κ2) is 7.12. The van der Waals surface area contributed by atoms with Gasteiger partial charge in [-0.15, -0.1) is 0 Å². The fourth-order valence-electron chi connectivity index (χ4n) is 5.29. The van der Waals surface area contributed by atoms with Crippen LogP contribution in [-0.2, 0) is 13.0 Å². The van der Waals surface area contributed by atoms with Crippen LogP contribution in [0.25, 0.3) is 5.69 Å². The normalized spacial score (nSPS) is 18.9. The Morgan fingerprint density at radius 2 is 1.80 bits per heavy atom. The van der Waals surface area contributed by atoms with E-state index in [2.05, 4.69) is 46.4 Å². The molecule has 0 atom stereocenters. The number of hydrogen-bond donors (Lipinski definition) is 0. The molecule has 0 saturated heterocycles. The number of carbonyl (C=O) groups excluding carboxylic acids is 1. The van der Waals surface area contributed by atoms with Crippen LogP contribution in [0.15, 0.2) is 54.9 Å². The highest BCUT2D eigenvalue weighted by Gasteiger charge is 2.36. The van der Waals surface area contributed by atoms with Crippen LogP contribution in [0.1, 0.15) is 77.1 Å². The van der Waals surface area contributed by atoms with Gasteiger partial charge < -0.3 is 4.90 Å². The van der Waals surface area contributed by atoms with Gasteiger partial charge in [-0.1, -0.05) is 31.0 Å². The first kappa shape index (κ1) is 17.9. The van der Waals surface area contributed by atoms with E-state index in [1.54, 1.807) is 6.20 Å². The molecule has 6 rings (SSSR count). The van der Waals surface area contributed by atoms with Gasteiger partial charge in [0, 0.05) is 30.5 Å². The molecule has 0 N–H and O–H groups in total. The van der Waals surface area contributed by atoms with Crippen molar-refractivity contribution in [3.8, 4) is 5.69 Å². The predicted molar refractivity (Wildman–Crippen MR) is 117 cm³/mol. The van der Waals surface area contributed by atoms with E-state index in [4.69, 9.17) is 0 Å². The molecule has 1 aliphatic heterocycles. The number of benzene rings is 2. The van der Waals surface area contributed by atoms with Crippen molar-refractivity contribution < 1.29 is 4.79 Å². The molecule has 1 aromatic heterocycles. The van der Waals surface area contributed by atoms with Gasteiger partial charge in [0.1, 0.15) is 0 Å². The smallest absolute Gasteiger partial charge is 0.254 e. The predicted octanol–water partition coefficient (Wildman–Crippen LogP) is 5.24. The molecule has 2 fully saturated rings. The zero-order valence-electron chi connectivity index (χ0n) is 17.3. The van der Waals surface area contributed by atoms with E-state index >= 15 is 0 Å². The summed E-state index contributed by atoms with van der Waals surface area (Å²) in [6.07, 6.45) is 12.1. The van der Waals surface area contributed by atoms with Crippen molar-refractivity contribution in [1.82, 2.24) is 14.7 Å². The summed E-state index contributed by atoms with van der Waals surface area (Å²) in [5.41, 5.74) is 7.38. The third-order valence-corrected chi connectivity index (χ3v) is 7.08. The molecule has 0 radical (unpaired) electrons. The Balaban J connectivity index is 1.30. The number of aromatic nitrogens is 2. The van der Waals surface area contributed by atoms with Gasteiger partial charge in [-0.2, -0.15) is 5.10 Å². The van der Waals surface area contributed by atoms with Crippen LogP contribution in [-0.4, -0.2) is 26.6 Å². The summed E-state index contributed by atoms with van der Waals surface area (Å²) in [5.74, 6) is 0.943. The van der Waals surface area contributed by atoms with Crippen molar-refractivity contribution in [3.05, 3.63) is 82.7 Å². The van der Waals surface area contributed by atoms with Crippen LogP contribution in [0.3, 0.4) is 0 Å². The highest BCUT2D eigenvalue weighted by atomic mass is 16.2. The van der Waals surface area contributed by atoms with Crippen molar-refractivity contribution in [1.29, 1.82) is 0 Å². The second-order valence-corrected chi connectivity index (χ2v) is 9.15. The van der Waals surface area contributed by atoms with Crippen molar-refractivity contribution >= 4 is 5.91 Å². The van der Waals surface area contributed by atoms with Gasteiger partial charge in [0.2, 0.25) is 0 Å². The SMILES string of the molecule is O=C1c2cc(Cc3ccc(-n4cccn4)cc3)c(C3CC3)cc2CN1C1CCCC1. The molecule has 0 unspecified atom stereocenters. The minimum atomic E-state index is 0.259. The van der Waals surface area contributed by atoms with E-state index < -0.39 is 0 Å². The summed E-state index contributed by atoms with van der Waals surface area (Å²) in [5, 5.41) is 4.31. The topological polar surface area (TPSA) is 38.1 Å². The molecule has 0 bridgehead atoms. The van der Waals surface area contributed by atoms with Gasteiger partial charge in [-0.3, -0.25) is 4.79 Å². The lowest BCUT2D eigenvalue weighted by Gasteiger charge is -2.23. The standard InChI is InChI=1S/C26H27N3O/c30-26-25-15-20(14-18-6-10-23(11-7-18)29-13-3-12-27-29)24(19-8-9-19)16-21(25)17-28(26)22-4-1-2-5-22/h3,6-7,10-13,15-16,19,22H,1-2,4-5,8-9,14,17H2. The third kappa shape index (κ3) is 3.15. The molecule has 152 valence electrons. The monoisotopic (exact) mass is 397 g/mol. The molecule has 30 heavy (non-hydrogen) atoms. The van der Waals surface area contributed by atoms with E-state index in [0.717, 1.165) is 24.2 Å². The maximum absolute atomic E-state index is 13.2. The van der Waals surface area contributed by atoms with Crippen molar-refractivity contribution in [2.24, 2.45) is 0 Å². The molecule has 2 aromatic carbocycles. The first-order valence-electron chi connectivity index (χ1n) is 11.3. The van der Waals surface area contributed by atoms with Gasteiger partial charge in [0.15, 0.2) is 0 Å². The molecule has 4 nitrogen and oxygen atoms in total. The molecule has 3 aromatic rings. The Kier molecular flexibility index (Phi) is 4.26. The van der Waals surface area contributed by atoms with Gasteiger partial charge >= 0.3 is 0 Å². The van der Waals surface area contributed by atoms with Crippen molar-refractivity contribution in [2.45, 2.75) is 63.5 Å². The molecule has 1 amide bonds. The van der Waals surface area contributed by atoms with Crippen LogP contribution >= 0.6 is 0 Å². The van der Waals surface area contributed by atoms with Crippen molar-refractivity contribution in [2.75, 3.05) is 0 Å². The summed E-state index contributed by atoms with van der Waals surface area (Å²) in [6, 6.07) is 15.6. The van der Waals surface area contributed by atoms with Crippen molar-refractivity contribution in [3.63, 3.8) is 0 Å². The Bertz CT molecular complexity index is 1070. The lowest BCUT2D eigenvalue weighted by Crippen LogP contribution is -2.33. The quantitative estimate of drug-likeness (QED) is 0.591. The van der Waals surface area contributed by atoms with Crippen LogP contribution in [0, 0.1) is 0 Å². The lowest BCUT2D eigenvalue weighted by molar-refractivity contribution is 0.0707. The molecule has 2 aliphatic carbocycles. The number of amides is 1. The Labute approximate surface area is 177 Å². The number of nitrogens with zero attached hydrogens (tertiary/aromatic N) is 3.